The van der Waals surface area contributed by atoms with Gasteiger partial charge in [0, 0.05) is 5.41 Å². The third-order valence-corrected chi connectivity index (χ3v) is 3.60. The van der Waals surface area contributed by atoms with E-state index >= 15 is 0 Å². The number of benzene rings is 1. The van der Waals surface area contributed by atoms with E-state index in [-0.39, 0.29) is 5.41 Å². The van der Waals surface area contributed by atoms with Gasteiger partial charge in [-0.2, -0.15) is 0 Å². The van der Waals surface area contributed by atoms with E-state index in [1.54, 1.807) is 0 Å². The molecule has 0 spiro atoms. The van der Waals surface area contributed by atoms with E-state index in [9.17, 15) is 4.79 Å². The Labute approximate surface area is 103 Å². The number of ether oxygens (including phenoxy) is 1. The molecule has 0 atom stereocenters. The van der Waals surface area contributed by atoms with E-state index in [2.05, 4.69) is 12.1 Å². The van der Waals surface area contributed by atoms with E-state index in [4.69, 9.17) is 4.74 Å². The molecule has 0 heterocycles. The van der Waals surface area contributed by atoms with Crippen molar-refractivity contribution in [3.8, 4) is 0 Å². The second-order valence-electron chi connectivity index (χ2n) is 5.02. The lowest BCUT2D eigenvalue weighted by atomic mass is 9.76. The van der Waals surface area contributed by atoms with Crippen molar-refractivity contribution in [2.75, 3.05) is 6.61 Å². The molecule has 0 aromatic heterocycles. The fraction of sp³-hybridized carbons (Fsp3) is 0.533. The first-order chi connectivity index (χ1) is 8.35. The van der Waals surface area contributed by atoms with Crippen LogP contribution >= 0.6 is 0 Å². The molecule has 1 aromatic carbocycles. The Bertz CT molecular complexity index is 339. The average molecular weight is 232 g/mol. The number of rotatable bonds is 5. The van der Waals surface area contributed by atoms with Gasteiger partial charge in [-0.3, -0.25) is 0 Å². The highest BCUT2D eigenvalue weighted by atomic mass is 16.5. The molecule has 0 bridgehead atoms. The number of hydrogen-bond donors (Lipinski definition) is 0. The lowest BCUT2D eigenvalue weighted by Gasteiger charge is -2.31. The normalized spacial score (nSPS) is 18.8. The number of hydrogen-bond acceptors (Lipinski definition) is 2. The van der Waals surface area contributed by atoms with Gasteiger partial charge in [0.25, 0.3) is 0 Å². The first-order valence-corrected chi connectivity index (χ1v) is 6.43. The quantitative estimate of drug-likeness (QED) is 0.728. The van der Waals surface area contributed by atoms with E-state index in [1.165, 1.54) is 12.0 Å². The molecule has 0 amide bonds. The summed E-state index contributed by atoms with van der Waals surface area (Å²) in [6.07, 6.45) is 6.68. The maximum Gasteiger partial charge on any atom is 0.128 e. The molecule has 17 heavy (non-hydrogen) atoms. The zero-order chi connectivity index (χ0) is 12.0. The van der Waals surface area contributed by atoms with Gasteiger partial charge in [-0.1, -0.05) is 49.6 Å². The van der Waals surface area contributed by atoms with Crippen LogP contribution in [0, 0.1) is 5.41 Å². The van der Waals surface area contributed by atoms with Crippen molar-refractivity contribution in [1.29, 1.82) is 0 Å². The highest BCUT2D eigenvalue weighted by Gasteiger charge is 2.31. The van der Waals surface area contributed by atoms with Crippen molar-refractivity contribution < 1.29 is 9.53 Å². The predicted molar refractivity (Wildman–Crippen MR) is 67.7 cm³/mol. The van der Waals surface area contributed by atoms with Gasteiger partial charge in [-0.25, -0.2) is 0 Å². The largest absolute Gasteiger partial charge is 0.376 e. The summed E-state index contributed by atoms with van der Waals surface area (Å²) in [6, 6.07) is 10.1. The molecule has 0 unspecified atom stereocenters. The van der Waals surface area contributed by atoms with Crippen LogP contribution in [0.5, 0.6) is 0 Å². The minimum atomic E-state index is -0.201. The molecule has 0 saturated heterocycles. The molecule has 1 aliphatic carbocycles. The van der Waals surface area contributed by atoms with Gasteiger partial charge in [0.15, 0.2) is 0 Å². The first-order valence-electron chi connectivity index (χ1n) is 6.43. The minimum absolute atomic E-state index is 0.201. The minimum Gasteiger partial charge on any atom is -0.376 e. The number of carbonyl (C=O) groups excluding carboxylic acids is 1. The molecule has 1 fully saturated rings. The monoisotopic (exact) mass is 232 g/mol. The maximum absolute atomic E-state index is 11.2. The molecule has 92 valence electrons. The van der Waals surface area contributed by atoms with Gasteiger partial charge in [0.2, 0.25) is 0 Å². The fourth-order valence-corrected chi connectivity index (χ4v) is 2.50. The van der Waals surface area contributed by atoms with Gasteiger partial charge in [-0.05, 0) is 18.4 Å². The Morgan fingerprint density at radius 1 is 1.12 bits per heavy atom. The molecule has 0 aliphatic heterocycles. The lowest BCUT2D eigenvalue weighted by Crippen LogP contribution is -2.31. The third kappa shape index (κ3) is 3.40. The Hall–Kier alpha value is -1.15. The summed E-state index contributed by atoms with van der Waals surface area (Å²) in [7, 11) is 0. The standard InChI is InChI=1S/C15H20O2/c16-12-15(9-5-2-6-10-15)13-17-11-14-7-3-1-4-8-14/h1,3-4,7-8,12H,2,5-6,9-11,13H2. The van der Waals surface area contributed by atoms with Crippen molar-refractivity contribution in [3.63, 3.8) is 0 Å². The third-order valence-electron chi connectivity index (χ3n) is 3.60. The smallest absolute Gasteiger partial charge is 0.128 e. The van der Waals surface area contributed by atoms with Gasteiger partial charge in [-0.15, -0.1) is 0 Å². The van der Waals surface area contributed by atoms with Crippen LogP contribution in [0.2, 0.25) is 0 Å². The van der Waals surface area contributed by atoms with Crippen LogP contribution in [0.1, 0.15) is 37.7 Å². The molecular weight excluding hydrogens is 212 g/mol. The maximum atomic E-state index is 11.2. The summed E-state index contributed by atoms with van der Waals surface area (Å²) >= 11 is 0. The van der Waals surface area contributed by atoms with Crippen LogP contribution < -0.4 is 0 Å². The van der Waals surface area contributed by atoms with E-state index in [1.807, 2.05) is 18.2 Å². The van der Waals surface area contributed by atoms with E-state index in [0.717, 1.165) is 32.0 Å². The Balaban J connectivity index is 1.82. The van der Waals surface area contributed by atoms with E-state index < -0.39 is 0 Å². The molecule has 2 nitrogen and oxygen atoms in total. The van der Waals surface area contributed by atoms with Gasteiger partial charge < -0.3 is 9.53 Å². The van der Waals surface area contributed by atoms with Crippen LogP contribution in [-0.2, 0) is 16.1 Å². The topological polar surface area (TPSA) is 26.3 Å². The molecule has 1 aromatic rings. The van der Waals surface area contributed by atoms with Crippen LogP contribution in [0.15, 0.2) is 30.3 Å². The average Bonchev–Trinajstić information content (AvgIpc) is 2.41. The molecule has 0 radical (unpaired) electrons. The summed E-state index contributed by atoms with van der Waals surface area (Å²) in [6.45, 7) is 1.18. The fourth-order valence-electron chi connectivity index (χ4n) is 2.50. The second kappa shape index (κ2) is 5.97. The molecule has 2 heteroatoms. The molecule has 1 saturated carbocycles. The molecule has 0 N–H and O–H groups in total. The summed E-state index contributed by atoms with van der Waals surface area (Å²) < 4.78 is 5.72. The lowest BCUT2D eigenvalue weighted by molar-refractivity contribution is -0.122. The summed E-state index contributed by atoms with van der Waals surface area (Å²) in [5.41, 5.74) is 0.969. The Kier molecular flexibility index (Phi) is 4.32. The highest BCUT2D eigenvalue weighted by molar-refractivity contribution is 5.59. The van der Waals surface area contributed by atoms with Crippen LogP contribution in [0.25, 0.3) is 0 Å². The van der Waals surface area contributed by atoms with Crippen LogP contribution in [-0.4, -0.2) is 12.9 Å². The summed E-state index contributed by atoms with van der Waals surface area (Å²) in [5, 5.41) is 0. The first kappa shape index (κ1) is 12.3. The molecular formula is C15H20O2. The van der Waals surface area contributed by atoms with Gasteiger partial charge >= 0.3 is 0 Å². The van der Waals surface area contributed by atoms with Crippen molar-refractivity contribution >= 4 is 6.29 Å². The van der Waals surface area contributed by atoms with Gasteiger partial charge in [0.1, 0.15) is 6.29 Å². The van der Waals surface area contributed by atoms with Crippen molar-refractivity contribution in [1.82, 2.24) is 0 Å². The predicted octanol–water partition coefficient (Wildman–Crippen LogP) is 3.35. The van der Waals surface area contributed by atoms with Crippen molar-refractivity contribution in [2.24, 2.45) is 5.41 Å². The Morgan fingerprint density at radius 2 is 1.82 bits per heavy atom. The zero-order valence-electron chi connectivity index (χ0n) is 10.2. The van der Waals surface area contributed by atoms with E-state index in [0.29, 0.717) is 13.2 Å². The number of aldehydes is 1. The SMILES string of the molecule is O=CC1(COCc2ccccc2)CCCCC1. The summed E-state index contributed by atoms with van der Waals surface area (Å²) in [4.78, 5) is 11.2. The zero-order valence-corrected chi connectivity index (χ0v) is 10.2. The molecule has 2 rings (SSSR count). The Morgan fingerprint density at radius 3 is 2.47 bits per heavy atom. The van der Waals surface area contributed by atoms with Crippen molar-refractivity contribution in [3.05, 3.63) is 35.9 Å². The van der Waals surface area contributed by atoms with Crippen molar-refractivity contribution in [2.45, 2.75) is 38.7 Å². The van der Waals surface area contributed by atoms with Crippen LogP contribution in [0.3, 0.4) is 0 Å². The van der Waals surface area contributed by atoms with Gasteiger partial charge in [0.05, 0.1) is 13.2 Å². The second-order valence-corrected chi connectivity index (χ2v) is 5.02. The van der Waals surface area contributed by atoms with Crippen LogP contribution in [0.4, 0.5) is 0 Å². The summed E-state index contributed by atoms with van der Waals surface area (Å²) in [5.74, 6) is 0. The molecule has 1 aliphatic rings. The highest BCUT2D eigenvalue weighted by Crippen LogP contribution is 2.34. The number of carbonyl (C=O) groups is 1.